The van der Waals surface area contributed by atoms with E-state index in [4.69, 9.17) is 3.79 Å². The molecule has 0 atom stereocenters. The van der Waals surface area contributed by atoms with Gasteiger partial charge in [0.15, 0.2) is 0 Å². The van der Waals surface area contributed by atoms with Crippen molar-refractivity contribution in [2.45, 2.75) is 78.6 Å². The van der Waals surface area contributed by atoms with Crippen LogP contribution in [0.25, 0.3) is 0 Å². The normalized spacial score (nSPS) is 9.53. The molecule has 0 aromatic heterocycles. The van der Waals surface area contributed by atoms with Gasteiger partial charge in [0.2, 0.25) is 0 Å². The van der Waals surface area contributed by atoms with Crippen molar-refractivity contribution in [2.24, 2.45) is 0 Å². The second-order valence-electron chi connectivity index (χ2n) is 4.11. The van der Waals surface area contributed by atoms with Crippen LogP contribution < -0.4 is 0 Å². The smallest absolute Gasteiger partial charge is 0.410 e. The van der Waals surface area contributed by atoms with Gasteiger partial charge in [-0.3, -0.25) is 0 Å². The zero-order valence-electron chi connectivity index (χ0n) is 11.5. The summed E-state index contributed by atoms with van der Waals surface area (Å²) >= 11 is 0.899. The molecule has 2 heteroatoms. The van der Waals surface area contributed by atoms with Crippen molar-refractivity contribution in [1.82, 2.24) is 0 Å². The van der Waals surface area contributed by atoms with Crippen LogP contribution in [0.15, 0.2) is 0 Å². The molecule has 0 rings (SSSR count). The second-order valence-corrected chi connectivity index (χ2v) is 4.69. The van der Waals surface area contributed by atoms with E-state index in [9.17, 15) is 0 Å². The highest BCUT2D eigenvalue weighted by Gasteiger charge is 1.87. The molecule has 92 valence electrons. The third kappa shape index (κ3) is 25.1. The van der Waals surface area contributed by atoms with Crippen molar-refractivity contribution in [1.29, 1.82) is 0 Å². The fraction of sp³-hybridized carbons (Fsp3) is 1.00. The van der Waals surface area contributed by atoms with Crippen molar-refractivity contribution in [2.75, 3.05) is 6.61 Å². The quantitative estimate of drug-likeness (QED) is 0.428. The average molecular weight is 230 g/mol. The Morgan fingerprint density at radius 1 is 0.667 bits per heavy atom. The van der Waals surface area contributed by atoms with Crippen LogP contribution in [0.5, 0.6) is 0 Å². The van der Waals surface area contributed by atoms with E-state index in [0.717, 1.165) is 29.7 Å². The Balaban J connectivity index is 0. The summed E-state index contributed by atoms with van der Waals surface area (Å²) in [6.07, 6.45) is 12.6. The number of rotatable bonds is 9. The maximum atomic E-state index is 4.83. The molecular weight excluding hydrogens is 199 g/mol. The SMILES string of the molecule is CCCCCCCCCC.CCC[O][AlH2]. The van der Waals surface area contributed by atoms with Crippen LogP contribution in [-0.2, 0) is 3.79 Å². The lowest BCUT2D eigenvalue weighted by molar-refractivity contribution is 0.349. The fourth-order valence-electron chi connectivity index (χ4n) is 1.41. The first-order chi connectivity index (χ1) is 7.33. The summed E-state index contributed by atoms with van der Waals surface area (Å²) in [6, 6.07) is 0. The van der Waals surface area contributed by atoms with Gasteiger partial charge in [-0.1, -0.05) is 72.1 Å². The molecule has 0 aromatic rings. The number of unbranched alkanes of at least 4 members (excludes halogenated alkanes) is 7. The van der Waals surface area contributed by atoms with Crippen molar-refractivity contribution in [3.8, 4) is 0 Å². The predicted molar refractivity (Wildman–Crippen MR) is 73.1 cm³/mol. The van der Waals surface area contributed by atoms with Crippen molar-refractivity contribution in [3.05, 3.63) is 0 Å². The van der Waals surface area contributed by atoms with Gasteiger partial charge in [0.05, 0.1) is 0 Å². The minimum atomic E-state index is 0.899. The number of hydrogen-bond acceptors (Lipinski definition) is 1. The van der Waals surface area contributed by atoms with E-state index < -0.39 is 0 Å². The van der Waals surface area contributed by atoms with Gasteiger partial charge in [-0.25, -0.2) is 0 Å². The van der Waals surface area contributed by atoms with Gasteiger partial charge in [0, 0.05) is 6.61 Å². The molecule has 0 bridgehead atoms. The van der Waals surface area contributed by atoms with Crippen LogP contribution in [0, 0.1) is 0 Å². The molecule has 0 spiro atoms. The predicted octanol–water partition coefficient (Wildman–Crippen LogP) is 4.11. The Kier molecular flexibility index (Phi) is 23.8. The summed E-state index contributed by atoms with van der Waals surface area (Å²) < 4.78 is 4.83. The van der Waals surface area contributed by atoms with Gasteiger partial charge >= 0.3 is 16.6 Å². The minimum absolute atomic E-state index is 0.899. The lowest BCUT2D eigenvalue weighted by atomic mass is 10.1. The Bertz CT molecular complexity index is 76.6. The van der Waals surface area contributed by atoms with Gasteiger partial charge in [-0.15, -0.1) is 0 Å². The topological polar surface area (TPSA) is 9.23 Å². The summed E-state index contributed by atoms with van der Waals surface area (Å²) in [6.45, 7) is 7.60. The highest BCUT2D eigenvalue weighted by atomic mass is 27.1. The van der Waals surface area contributed by atoms with Gasteiger partial charge < -0.3 is 3.79 Å². The molecular formula is C13H31AlO. The van der Waals surface area contributed by atoms with E-state index in [0.29, 0.717) is 0 Å². The van der Waals surface area contributed by atoms with Crippen LogP contribution in [0.2, 0.25) is 0 Å². The summed E-state index contributed by atoms with van der Waals surface area (Å²) in [7, 11) is 0. The molecule has 0 aliphatic heterocycles. The summed E-state index contributed by atoms with van der Waals surface area (Å²) in [5.74, 6) is 0. The van der Waals surface area contributed by atoms with Gasteiger partial charge in [0.1, 0.15) is 0 Å². The molecule has 0 N–H and O–H groups in total. The van der Waals surface area contributed by atoms with Crippen LogP contribution in [0.3, 0.4) is 0 Å². The molecule has 0 heterocycles. The highest BCUT2D eigenvalue weighted by Crippen LogP contribution is 2.07. The maximum Gasteiger partial charge on any atom is 0.410 e. The second kappa shape index (κ2) is 20.0. The van der Waals surface area contributed by atoms with E-state index in [1.807, 2.05) is 0 Å². The average Bonchev–Trinajstić information content (AvgIpc) is 2.25. The molecule has 15 heavy (non-hydrogen) atoms. The first-order valence-electron chi connectivity index (χ1n) is 6.82. The van der Waals surface area contributed by atoms with Crippen LogP contribution in [0.1, 0.15) is 78.6 Å². The monoisotopic (exact) mass is 230 g/mol. The van der Waals surface area contributed by atoms with Gasteiger partial charge in [0.25, 0.3) is 0 Å². The molecule has 1 nitrogen and oxygen atoms in total. The first kappa shape index (κ1) is 17.9. The molecule has 0 amide bonds. The molecule has 0 saturated heterocycles. The summed E-state index contributed by atoms with van der Waals surface area (Å²) in [5.41, 5.74) is 0. The Labute approximate surface area is 106 Å². The summed E-state index contributed by atoms with van der Waals surface area (Å²) in [4.78, 5) is 0. The summed E-state index contributed by atoms with van der Waals surface area (Å²) in [5, 5.41) is 0. The van der Waals surface area contributed by atoms with Gasteiger partial charge in [-0.2, -0.15) is 0 Å². The van der Waals surface area contributed by atoms with E-state index in [1.54, 1.807) is 0 Å². The zero-order valence-corrected chi connectivity index (χ0v) is 13.5. The Morgan fingerprint density at radius 3 is 1.27 bits per heavy atom. The molecule has 0 radical (unpaired) electrons. The van der Waals surface area contributed by atoms with Gasteiger partial charge in [-0.05, 0) is 6.42 Å². The third-order valence-corrected chi connectivity index (χ3v) is 2.77. The molecule has 0 fully saturated rings. The molecule has 0 aromatic carbocycles. The standard InChI is InChI=1S/C10H22.C3H7O.Al.2H/c1-3-5-7-9-10-8-6-4-2;1-2-3-4;;;/h3-10H2,1-2H3;2-3H2,1H3;;;/q;-1;+1;;. The molecule has 0 unspecified atom stereocenters. The first-order valence-corrected chi connectivity index (χ1v) is 7.63. The minimum Gasteiger partial charge on any atom is -0.506 e. The lowest BCUT2D eigenvalue weighted by Crippen LogP contribution is -1.83. The van der Waals surface area contributed by atoms with Crippen molar-refractivity contribution >= 4 is 16.6 Å². The zero-order chi connectivity index (χ0) is 11.8. The molecule has 0 aliphatic rings. The van der Waals surface area contributed by atoms with Crippen molar-refractivity contribution in [3.63, 3.8) is 0 Å². The van der Waals surface area contributed by atoms with Crippen molar-refractivity contribution < 1.29 is 3.79 Å². The lowest BCUT2D eigenvalue weighted by Gasteiger charge is -1.97. The maximum absolute atomic E-state index is 4.83. The Morgan fingerprint density at radius 2 is 1.07 bits per heavy atom. The van der Waals surface area contributed by atoms with Crippen LogP contribution in [-0.4, -0.2) is 23.2 Å². The van der Waals surface area contributed by atoms with E-state index in [-0.39, 0.29) is 0 Å². The fourth-order valence-corrected chi connectivity index (χ4v) is 1.82. The molecule has 0 saturated carbocycles. The van der Waals surface area contributed by atoms with Crippen LogP contribution >= 0.6 is 0 Å². The third-order valence-electron chi connectivity index (χ3n) is 2.37. The largest absolute Gasteiger partial charge is 0.506 e. The number of hydrogen-bond donors (Lipinski definition) is 0. The van der Waals surface area contributed by atoms with Crippen LogP contribution in [0.4, 0.5) is 0 Å². The highest BCUT2D eigenvalue weighted by molar-refractivity contribution is 5.97. The molecule has 0 aliphatic carbocycles. The van der Waals surface area contributed by atoms with E-state index in [2.05, 4.69) is 20.8 Å². The van der Waals surface area contributed by atoms with E-state index >= 15 is 0 Å². The Hall–Kier alpha value is 0.492. The van der Waals surface area contributed by atoms with E-state index in [1.165, 1.54) is 51.4 Å².